The van der Waals surface area contributed by atoms with E-state index in [2.05, 4.69) is 5.10 Å². The Kier molecular flexibility index (Phi) is 1.65. The molecule has 0 radical (unpaired) electrons. The van der Waals surface area contributed by atoms with E-state index in [4.69, 9.17) is 10.5 Å². The minimum atomic E-state index is 0.369. The molecule has 4 nitrogen and oxygen atoms in total. The van der Waals surface area contributed by atoms with Gasteiger partial charge >= 0.3 is 0 Å². The lowest BCUT2D eigenvalue weighted by Crippen LogP contribution is -1.99. The number of rotatable bonds is 2. The van der Waals surface area contributed by atoms with Crippen molar-refractivity contribution in [2.75, 3.05) is 5.73 Å². The SMILES string of the molecule is Cn1cc2cc(N)c(OC3CC3)cc2n1. The maximum absolute atomic E-state index is 5.91. The molecule has 1 fully saturated rings. The molecule has 1 aliphatic rings. The molecular weight excluding hydrogens is 190 g/mol. The van der Waals surface area contributed by atoms with Gasteiger partial charge in [-0.2, -0.15) is 5.10 Å². The maximum Gasteiger partial charge on any atom is 0.144 e. The molecule has 0 amide bonds. The van der Waals surface area contributed by atoms with Crippen LogP contribution in [0.2, 0.25) is 0 Å². The van der Waals surface area contributed by atoms with E-state index in [1.807, 2.05) is 25.4 Å². The van der Waals surface area contributed by atoms with Gasteiger partial charge in [0, 0.05) is 24.7 Å². The van der Waals surface area contributed by atoms with E-state index in [0.29, 0.717) is 11.8 Å². The van der Waals surface area contributed by atoms with Crippen LogP contribution in [0.4, 0.5) is 5.69 Å². The summed E-state index contributed by atoms with van der Waals surface area (Å²) in [6.45, 7) is 0. The molecule has 0 atom stereocenters. The van der Waals surface area contributed by atoms with E-state index in [1.54, 1.807) is 4.68 Å². The third kappa shape index (κ3) is 1.52. The van der Waals surface area contributed by atoms with Crippen molar-refractivity contribution >= 4 is 16.6 Å². The predicted octanol–water partition coefficient (Wildman–Crippen LogP) is 1.70. The summed E-state index contributed by atoms with van der Waals surface area (Å²) in [5.41, 5.74) is 7.54. The number of fused-ring (bicyclic) bond motifs is 1. The molecule has 0 spiro atoms. The van der Waals surface area contributed by atoms with Crippen molar-refractivity contribution in [1.82, 2.24) is 9.78 Å². The second-order valence-electron chi connectivity index (χ2n) is 4.07. The van der Waals surface area contributed by atoms with Gasteiger partial charge in [0.05, 0.1) is 17.3 Å². The molecule has 2 N–H and O–H groups in total. The lowest BCUT2D eigenvalue weighted by Gasteiger charge is -2.06. The van der Waals surface area contributed by atoms with Gasteiger partial charge in [-0.3, -0.25) is 4.68 Å². The normalized spacial score (nSPS) is 15.8. The van der Waals surface area contributed by atoms with Crippen LogP contribution in [-0.4, -0.2) is 15.9 Å². The zero-order valence-corrected chi connectivity index (χ0v) is 8.60. The molecule has 15 heavy (non-hydrogen) atoms. The number of aryl methyl sites for hydroxylation is 1. The highest BCUT2D eigenvalue weighted by Crippen LogP contribution is 2.33. The van der Waals surface area contributed by atoms with Crippen molar-refractivity contribution in [2.45, 2.75) is 18.9 Å². The molecule has 2 aromatic rings. The van der Waals surface area contributed by atoms with Gasteiger partial charge < -0.3 is 10.5 Å². The van der Waals surface area contributed by atoms with Crippen LogP contribution in [-0.2, 0) is 7.05 Å². The fraction of sp³-hybridized carbons (Fsp3) is 0.364. The minimum Gasteiger partial charge on any atom is -0.488 e. The molecule has 1 aromatic carbocycles. The van der Waals surface area contributed by atoms with Crippen LogP contribution in [0.3, 0.4) is 0 Å². The Hall–Kier alpha value is -1.71. The first-order valence-corrected chi connectivity index (χ1v) is 5.12. The Morgan fingerprint density at radius 3 is 3.00 bits per heavy atom. The van der Waals surface area contributed by atoms with Crippen molar-refractivity contribution in [1.29, 1.82) is 0 Å². The molecule has 0 bridgehead atoms. The summed E-state index contributed by atoms with van der Waals surface area (Å²) < 4.78 is 7.48. The first kappa shape index (κ1) is 8.59. The van der Waals surface area contributed by atoms with Crippen LogP contribution in [0.15, 0.2) is 18.3 Å². The number of nitrogen functional groups attached to an aromatic ring is 1. The van der Waals surface area contributed by atoms with Crippen LogP contribution in [0.25, 0.3) is 10.9 Å². The molecule has 0 aliphatic heterocycles. The van der Waals surface area contributed by atoms with Crippen LogP contribution in [0, 0.1) is 0 Å². The fourth-order valence-corrected chi connectivity index (χ4v) is 1.66. The summed E-state index contributed by atoms with van der Waals surface area (Å²) in [6, 6.07) is 3.84. The van der Waals surface area contributed by atoms with Crippen LogP contribution in [0.5, 0.6) is 5.75 Å². The molecule has 0 unspecified atom stereocenters. The summed E-state index contributed by atoms with van der Waals surface area (Å²) in [6.07, 6.45) is 4.60. The maximum atomic E-state index is 5.91. The molecule has 4 heteroatoms. The van der Waals surface area contributed by atoms with E-state index in [-0.39, 0.29) is 0 Å². The second kappa shape index (κ2) is 2.89. The summed E-state index contributed by atoms with van der Waals surface area (Å²) in [5.74, 6) is 0.767. The zero-order valence-electron chi connectivity index (χ0n) is 8.60. The van der Waals surface area contributed by atoms with E-state index < -0.39 is 0 Å². The molecule has 78 valence electrons. The van der Waals surface area contributed by atoms with E-state index in [9.17, 15) is 0 Å². The Morgan fingerprint density at radius 1 is 1.47 bits per heavy atom. The van der Waals surface area contributed by atoms with Gasteiger partial charge in [-0.05, 0) is 18.9 Å². The monoisotopic (exact) mass is 203 g/mol. The highest BCUT2D eigenvalue weighted by atomic mass is 16.5. The van der Waals surface area contributed by atoms with E-state index >= 15 is 0 Å². The summed E-state index contributed by atoms with van der Waals surface area (Å²) in [7, 11) is 1.90. The highest BCUT2D eigenvalue weighted by Gasteiger charge is 2.24. The van der Waals surface area contributed by atoms with Gasteiger partial charge in [0.1, 0.15) is 5.75 Å². The Morgan fingerprint density at radius 2 is 2.27 bits per heavy atom. The second-order valence-corrected chi connectivity index (χ2v) is 4.07. The van der Waals surface area contributed by atoms with E-state index in [1.165, 1.54) is 0 Å². The van der Waals surface area contributed by atoms with Gasteiger partial charge in [-0.15, -0.1) is 0 Å². The van der Waals surface area contributed by atoms with Crippen molar-refractivity contribution in [3.63, 3.8) is 0 Å². The van der Waals surface area contributed by atoms with Gasteiger partial charge in [0.25, 0.3) is 0 Å². The summed E-state index contributed by atoms with van der Waals surface area (Å²) >= 11 is 0. The first-order valence-electron chi connectivity index (χ1n) is 5.12. The third-order valence-corrected chi connectivity index (χ3v) is 2.57. The van der Waals surface area contributed by atoms with Crippen molar-refractivity contribution in [2.24, 2.45) is 7.05 Å². The number of anilines is 1. The van der Waals surface area contributed by atoms with Gasteiger partial charge in [-0.1, -0.05) is 0 Å². The van der Waals surface area contributed by atoms with Crippen molar-refractivity contribution in [3.05, 3.63) is 18.3 Å². The first-order chi connectivity index (χ1) is 7.22. The average Bonchev–Trinajstić information content (AvgIpc) is 2.90. The number of ether oxygens (including phenoxy) is 1. The molecule has 1 aromatic heterocycles. The van der Waals surface area contributed by atoms with E-state index in [0.717, 1.165) is 29.5 Å². The minimum absolute atomic E-state index is 0.369. The summed E-state index contributed by atoms with van der Waals surface area (Å²) in [4.78, 5) is 0. The number of aromatic nitrogens is 2. The van der Waals surface area contributed by atoms with Gasteiger partial charge in [-0.25, -0.2) is 0 Å². The largest absolute Gasteiger partial charge is 0.488 e. The number of nitrogens with two attached hydrogens (primary N) is 1. The predicted molar refractivity (Wildman–Crippen MR) is 58.8 cm³/mol. The molecule has 1 heterocycles. The standard InChI is InChI=1S/C11H13N3O/c1-14-6-7-4-9(12)11(5-10(7)13-14)15-8-2-3-8/h4-6,8H,2-3,12H2,1H3. The molecule has 1 saturated carbocycles. The van der Waals surface area contributed by atoms with Crippen molar-refractivity contribution in [3.8, 4) is 5.75 Å². The zero-order chi connectivity index (χ0) is 10.4. The number of benzene rings is 1. The van der Waals surface area contributed by atoms with Crippen LogP contribution in [0.1, 0.15) is 12.8 Å². The van der Waals surface area contributed by atoms with Crippen LogP contribution >= 0.6 is 0 Å². The summed E-state index contributed by atoms with van der Waals surface area (Å²) in [5, 5.41) is 5.38. The molecular formula is C11H13N3O. The number of hydrogen-bond acceptors (Lipinski definition) is 3. The lowest BCUT2D eigenvalue weighted by molar-refractivity contribution is 0.305. The fourth-order valence-electron chi connectivity index (χ4n) is 1.66. The molecule has 3 rings (SSSR count). The highest BCUT2D eigenvalue weighted by molar-refractivity contribution is 5.84. The molecule has 0 saturated heterocycles. The smallest absolute Gasteiger partial charge is 0.144 e. The Bertz CT molecular complexity index is 514. The average molecular weight is 203 g/mol. The van der Waals surface area contributed by atoms with Crippen LogP contribution < -0.4 is 10.5 Å². The third-order valence-electron chi connectivity index (χ3n) is 2.57. The molecule has 1 aliphatic carbocycles. The Balaban J connectivity index is 2.08. The lowest BCUT2D eigenvalue weighted by atomic mass is 10.2. The quantitative estimate of drug-likeness (QED) is 0.756. The van der Waals surface area contributed by atoms with Crippen molar-refractivity contribution < 1.29 is 4.74 Å². The van der Waals surface area contributed by atoms with Gasteiger partial charge in [0.15, 0.2) is 0 Å². The van der Waals surface area contributed by atoms with Gasteiger partial charge in [0.2, 0.25) is 0 Å². The number of hydrogen-bond donors (Lipinski definition) is 1. The Labute approximate surface area is 87.6 Å². The number of nitrogens with zero attached hydrogens (tertiary/aromatic N) is 2. The topological polar surface area (TPSA) is 53.1 Å².